The molecule has 4 nitrogen and oxygen atoms in total. The van der Waals surface area contributed by atoms with Gasteiger partial charge in [-0.25, -0.2) is 0 Å². The fourth-order valence-corrected chi connectivity index (χ4v) is 2.96. The number of likely N-dealkylation sites (tertiary alicyclic amines) is 1. The van der Waals surface area contributed by atoms with Crippen molar-refractivity contribution in [2.24, 2.45) is 0 Å². The first-order chi connectivity index (χ1) is 10.1. The topological polar surface area (TPSA) is 35.6 Å². The van der Waals surface area contributed by atoms with Crippen molar-refractivity contribution in [2.45, 2.75) is 38.6 Å². The zero-order valence-corrected chi connectivity index (χ0v) is 13.4. The Morgan fingerprint density at radius 1 is 1.29 bits per heavy atom. The Bertz CT molecular complexity index is 456. The Labute approximate surface area is 128 Å². The van der Waals surface area contributed by atoms with Gasteiger partial charge in [-0.05, 0) is 50.1 Å². The minimum Gasteiger partial charge on any atom is -0.378 e. The number of nitrogens with zero attached hydrogens (tertiary/aromatic N) is 2. The van der Waals surface area contributed by atoms with Crippen molar-refractivity contribution in [1.29, 1.82) is 0 Å². The van der Waals surface area contributed by atoms with Crippen molar-refractivity contribution in [1.82, 2.24) is 4.90 Å². The number of nitrogens with one attached hydrogen (secondary N) is 1. The molecule has 0 spiro atoms. The maximum absolute atomic E-state index is 12.2. The summed E-state index contributed by atoms with van der Waals surface area (Å²) in [7, 11) is 4.02. The zero-order chi connectivity index (χ0) is 15.2. The third kappa shape index (κ3) is 4.46. The molecule has 1 heterocycles. The first-order valence-electron chi connectivity index (χ1n) is 7.91. The summed E-state index contributed by atoms with van der Waals surface area (Å²) in [6, 6.07) is 8.53. The second-order valence-corrected chi connectivity index (χ2v) is 6.02. The second kappa shape index (κ2) is 7.46. The third-order valence-corrected chi connectivity index (χ3v) is 4.23. The van der Waals surface area contributed by atoms with Crippen LogP contribution < -0.4 is 10.2 Å². The van der Waals surface area contributed by atoms with E-state index in [1.807, 2.05) is 43.3 Å². The number of benzene rings is 1. The highest BCUT2D eigenvalue weighted by molar-refractivity contribution is 5.92. The fraction of sp³-hybridized carbons (Fsp3) is 0.588. The van der Waals surface area contributed by atoms with Crippen molar-refractivity contribution in [3.63, 3.8) is 0 Å². The number of hydrogen-bond donors (Lipinski definition) is 1. The predicted molar refractivity (Wildman–Crippen MR) is 88.9 cm³/mol. The van der Waals surface area contributed by atoms with Gasteiger partial charge in [-0.2, -0.15) is 0 Å². The number of carbonyl (C=O) groups excluding carboxylic acids is 1. The van der Waals surface area contributed by atoms with Crippen LogP contribution >= 0.6 is 0 Å². The Balaban J connectivity index is 1.88. The van der Waals surface area contributed by atoms with Crippen LogP contribution in [0.1, 0.15) is 32.6 Å². The van der Waals surface area contributed by atoms with E-state index in [9.17, 15) is 4.79 Å². The van der Waals surface area contributed by atoms with Gasteiger partial charge >= 0.3 is 0 Å². The van der Waals surface area contributed by atoms with E-state index in [0.29, 0.717) is 12.6 Å². The zero-order valence-electron chi connectivity index (χ0n) is 13.4. The van der Waals surface area contributed by atoms with Gasteiger partial charge in [0.15, 0.2) is 0 Å². The van der Waals surface area contributed by atoms with Crippen LogP contribution in [0.4, 0.5) is 11.4 Å². The first kappa shape index (κ1) is 15.8. The van der Waals surface area contributed by atoms with Crippen molar-refractivity contribution < 1.29 is 4.79 Å². The molecule has 2 rings (SSSR count). The molecule has 1 fully saturated rings. The normalized spacial score (nSPS) is 19.3. The molecule has 1 aromatic rings. The van der Waals surface area contributed by atoms with Crippen molar-refractivity contribution in [3.05, 3.63) is 24.3 Å². The average molecular weight is 289 g/mol. The summed E-state index contributed by atoms with van der Waals surface area (Å²) in [6.07, 6.45) is 4.86. The van der Waals surface area contributed by atoms with Gasteiger partial charge in [0, 0.05) is 31.5 Å². The summed E-state index contributed by atoms with van der Waals surface area (Å²) < 4.78 is 0. The first-order valence-corrected chi connectivity index (χ1v) is 7.91. The van der Waals surface area contributed by atoms with Crippen molar-refractivity contribution in [2.75, 3.05) is 37.4 Å². The van der Waals surface area contributed by atoms with Crippen LogP contribution in [0.2, 0.25) is 0 Å². The van der Waals surface area contributed by atoms with Gasteiger partial charge < -0.3 is 10.2 Å². The SMILES string of the molecule is CCC1CCCCN1CC(=O)Nc1ccc(N(C)C)cc1. The number of anilines is 2. The molecule has 1 aromatic carbocycles. The van der Waals surface area contributed by atoms with Crippen LogP contribution in [-0.2, 0) is 4.79 Å². The maximum Gasteiger partial charge on any atom is 0.238 e. The second-order valence-electron chi connectivity index (χ2n) is 6.02. The lowest BCUT2D eigenvalue weighted by molar-refractivity contribution is -0.118. The molecule has 0 aromatic heterocycles. The van der Waals surface area contributed by atoms with Gasteiger partial charge in [0.2, 0.25) is 5.91 Å². The quantitative estimate of drug-likeness (QED) is 0.905. The van der Waals surface area contributed by atoms with E-state index in [2.05, 4.69) is 17.1 Å². The Kier molecular flexibility index (Phi) is 5.62. The largest absolute Gasteiger partial charge is 0.378 e. The predicted octanol–water partition coefficient (Wildman–Crippen LogP) is 2.96. The van der Waals surface area contributed by atoms with Gasteiger partial charge in [-0.1, -0.05) is 13.3 Å². The summed E-state index contributed by atoms with van der Waals surface area (Å²) in [5.41, 5.74) is 2.01. The number of rotatable bonds is 5. The van der Waals surface area contributed by atoms with Crippen LogP contribution in [0.5, 0.6) is 0 Å². The lowest BCUT2D eigenvalue weighted by atomic mass is 10.00. The van der Waals surface area contributed by atoms with Crippen LogP contribution in [0, 0.1) is 0 Å². The molecule has 0 bridgehead atoms. The summed E-state index contributed by atoms with van der Waals surface area (Å²) >= 11 is 0. The summed E-state index contributed by atoms with van der Waals surface area (Å²) in [4.78, 5) is 16.6. The minimum atomic E-state index is 0.0907. The van der Waals surface area contributed by atoms with Crippen LogP contribution in [0.15, 0.2) is 24.3 Å². The molecule has 1 aliphatic heterocycles. The molecular weight excluding hydrogens is 262 g/mol. The van der Waals surface area contributed by atoms with Gasteiger partial charge in [0.05, 0.1) is 6.54 Å². The van der Waals surface area contributed by atoms with Gasteiger partial charge in [0.25, 0.3) is 0 Å². The number of hydrogen-bond acceptors (Lipinski definition) is 3. The molecule has 1 atom stereocenters. The minimum absolute atomic E-state index is 0.0907. The van der Waals surface area contributed by atoms with Crippen molar-refractivity contribution in [3.8, 4) is 0 Å². The van der Waals surface area contributed by atoms with Crippen LogP contribution in [0.25, 0.3) is 0 Å². The molecule has 1 saturated heterocycles. The average Bonchev–Trinajstić information content (AvgIpc) is 2.48. The summed E-state index contributed by atoms with van der Waals surface area (Å²) in [5.74, 6) is 0.0907. The van der Waals surface area contributed by atoms with E-state index >= 15 is 0 Å². The lowest BCUT2D eigenvalue weighted by Crippen LogP contribution is -2.43. The van der Waals surface area contributed by atoms with Crippen LogP contribution in [-0.4, -0.2) is 44.0 Å². The highest BCUT2D eigenvalue weighted by atomic mass is 16.2. The Morgan fingerprint density at radius 3 is 2.62 bits per heavy atom. The van der Waals surface area contributed by atoms with E-state index in [4.69, 9.17) is 0 Å². The molecule has 0 radical (unpaired) electrons. The van der Waals surface area contributed by atoms with Gasteiger partial charge in [0.1, 0.15) is 0 Å². The Hall–Kier alpha value is -1.55. The van der Waals surface area contributed by atoms with E-state index in [-0.39, 0.29) is 5.91 Å². The standard InChI is InChI=1S/C17H27N3O/c1-4-15-7-5-6-12-20(15)13-17(21)18-14-8-10-16(11-9-14)19(2)3/h8-11,15H,4-7,12-13H2,1-3H3,(H,18,21). The lowest BCUT2D eigenvalue weighted by Gasteiger charge is -2.34. The molecular formula is C17H27N3O. The molecule has 0 aliphatic carbocycles. The van der Waals surface area contributed by atoms with Gasteiger partial charge in [-0.3, -0.25) is 9.69 Å². The summed E-state index contributed by atoms with van der Waals surface area (Å²) in [5, 5.41) is 3.00. The van der Waals surface area contributed by atoms with E-state index in [0.717, 1.165) is 24.3 Å². The summed E-state index contributed by atoms with van der Waals surface area (Å²) in [6.45, 7) is 3.76. The molecule has 0 saturated carbocycles. The third-order valence-electron chi connectivity index (χ3n) is 4.23. The van der Waals surface area contributed by atoms with Gasteiger partial charge in [-0.15, -0.1) is 0 Å². The number of piperidine rings is 1. The maximum atomic E-state index is 12.2. The number of amides is 1. The van der Waals surface area contributed by atoms with E-state index in [1.54, 1.807) is 0 Å². The van der Waals surface area contributed by atoms with Crippen LogP contribution in [0.3, 0.4) is 0 Å². The molecule has 1 amide bonds. The molecule has 4 heteroatoms. The molecule has 21 heavy (non-hydrogen) atoms. The monoisotopic (exact) mass is 289 g/mol. The molecule has 1 aliphatic rings. The van der Waals surface area contributed by atoms with E-state index < -0.39 is 0 Å². The Morgan fingerprint density at radius 2 is 2.00 bits per heavy atom. The molecule has 1 unspecified atom stereocenters. The molecule has 1 N–H and O–H groups in total. The highest BCUT2D eigenvalue weighted by Crippen LogP contribution is 2.20. The number of carbonyl (C=O) groups is 1. The fourth-order valence-electron chi connectivity index (χ4n) is 2.96. The highest BCUT2D eigenvalue weighted by Gasteiger charge is 2.22. The smallest absolute Gasteiger partial charge is 0.238 e. The molecule has 116 valence electrons. The van der Waals surface area contributed by atoms with Crippen molar-refractivity contribution >= 4 is 17.3 Å². The van der Waals surface area contributed by atoms with E-state index in [1.165, 1.54) is 19.3 Å².